The van der Waals surface area contributed by atoms with Crippen LogP contribution in [-0.4, -0.2) is 16.6 Å². The number of nitrogens with zero attached hydrogens (tertiary/aromatic N) is 1. The van der Waals surface area contributed by atoms with Crippen molar-refractivity contribution in [3.8, 4) is 5.75 Å². The maximum Gasteiger partial charge on any atom is 0.214 e. The lowest BCUT2D eigenvalue weighted by Gasteiger charge is -2.16. The third-order valence-corrected chi connectivity index (χ3v) is 3.16. The number of rotatable bonds is 4. The average molecular weight is 275 g/mol. The molecule has 0 spiro atoms. The second-order valence-electron chi connectivity index (χ2n) is 4.68. The first kappa shape index (κ1) is 14.0. The van der Waals surface area contributed by atoms with Gasteiger partial charge in [0, 0.05) is 10.5 Å². The van der Waals surface area contributed by atoms with Gasteiger partial charge in [0.25, 0.3) is 0 Å². The normalized spacial score (nSPS) is 12.1. The first-order valence-electron chi connectivity index (χ1n) is 6.14. The maximum absolute atomic E-state index is 13.0. The molecule has 0 heterocycles. The number of benzene rings is 2. The number of halogens is 1. The minimum atomic E-state index is -0.606. The molecule has 0 aliphatic heterocycles. The summed E-state index contributed by atoms with van der Waals surface area (Å²) in [5.41, 5.74) is 1.98. The highest BCUT2D eigenvalue weighted by Crippen LogP contribution is 2.32. The number of nitro groups is 1. The van der Waals surface area contributed by atoms with Gasteiger partial charge in [-0.25, -0.2) is 4.39 Å². The lowest BCUT2D eigenvalue weighted by Crippen LogP contribution is -2.14. The Balaban J connectivity index is 2.49. The van der Waals surface area contributed by atoms with Crippen molar-refractivity contribution < 1.29 is 14.4 Å². The van der Waals surface area contributed by atoms with E-state index in [4.69, 9.17) is 0 Å². The third kappa shape index (κ3) is 3.12. The molecule has 2 rings (SSSR count). The van der Waals surface area contributed by atoms with Gasteiger partial charge in [0.1, 0.15) is 11.6 Å². The van der Waals surface area contributed by atoms with Crippen LogP contribution in [-0.2, 0) is 0 Å². The van der Waals surface area contributed by atoms with E-state index in [2.05, 4.69) is 0 Å². The van der Waals surface area contributed by atoms with Gasteiger partial charge < -0.3 is 5.11 Å². The minimum Gasteiger partial charge on any atom is -0.508 e. The van der Waals surface area contributed by atoms with E-state index >= 15 is 0 Å². The van der Waals surface area contributed by atoms with Crippen LogP contribution in [0.5, 0.6) is 5.75 Å². The van der Waals surface area contributed by atoms with E-state index in [1.807, 2.05) is 6.92 Å². The smallest absolute Gasteiger partial charge is 0.214 e. The standard InChI is InChI=1S/C15H14FNO3/c1-10-2-7-15(18)13(8-10)14(9-17(19)20)11-3-5-12(16)6-4-11/h2-8,14,18H,9H2,1H3/t14-/m0/s1. The van der Waals surface area contributed by atoms with Crippen molar-refractivity contribution in [2.45, 2.75) is 12.8 Å². The van der Waals surface area contributed by atoms with E-state index in [9.17, 15) is 19.6 Å². The van der Waals surface area contributed by atoms with E-state index < -0.39 is 16.7 Å². The number of phenols is 1. The fourth-order valence-corrected chi connectivity index (χ4v) is 2.18. The van der Waals surface area contributed by atoms with Crippen molar-refractivity contribution >= 4 is 0 Å². The lowest BCUT2D eigenvalue weighted by atomic mass is 9.89. The lowest BCUT2D eigenvalue weighted by molar-refractivity contribution is -0.481. The van der Waals surface area contributed by atoms with Crippen molar-refractivity contribution in [1.29, 1.82) is 0 Å². The van der Waals surface area contributed by atoms with Crippen LogP contribution in [0.1, 0.15) is 22.6 Å². The monoisotopic (exact) mass is 275 g/mol. The second kappa shape index (κ2) is 5.69. The fourth-order valence-electron chi connectivity index (χ4n) is 2.18. The Bertz CT molecular complexity index is 626. The average Bonchev–Trinajstić information content (AvgIpc) is 2.40. The molecule has 0 aliphatic rings. The maximum atomic E-state index is 13.0. The van der Waals surface area contributed by atoms with Crippen LogP contribution in [0.3, 0.4) is 0 Å². The molecule has 0 saturated carbocycles. The molecular formula is C15H14FNO3. The SMILES string of the molecule is Cc1ccc(O)c([C@@H](C[N+](=O)[O-])c2ccc(F)cc2)c1. The zero-order valence-electron chi connectivity index (χ0n) is 10.9. The molecule has 0 bridgehead atoms. The Morgan fingerprint density at radius 3 is 2.50 bits per heavy atom. The number of phenolic OH excluding ortho intramolecular Hbond substituents is 1. The molecule has 4 nitrogen and oxygen atoms in total. The highest BCUT2D eigenvalue weighted by Gasteiger charge is 2.23. The molecule has 2 aromatic carbocycles. The van der Waals surface area contributed by atoms with Crippen LogP contribution >= 0.6 is 0 Å². The van der Waals surface area contributed by atoms with Gasteiger partial charge in [-0.3, -0.25) is 10.1 Å². The summed E-state index contributed by atoms with van der Waals surface area (Å²) in [5, 5.41) is 20.8. The topological polar surface area (TPSA) is 63.4 Å². The van der Waals surface area contributed by atoms with Crippen molar-refractivity contribution in [2.24, 2.45) is 0 Å². The van der Waals surface area contributed by atoms with Crippen molar-refractivity contribution in [1.82, 2.24) is 0 Å². The van der Waals surface area contributed by atoms with Crippen LogP contribution < -0.4 is 0 Å². The van der Waals surface area contributed by atoms with Gasteiger partial charge in [-0.1, -0.05) is 29.8 Å². The van der Waals surface area contributed by atoms with Crippen LogP contribution in [0.15, 0.2) is 42.5 Å². The van der Waals surface area contributed by atoms with Gasteiger partial charge in [-0.05, 0) is 30.7 Å². The molecule has 0 fully saturated rings. The summed E-state index contributed by atoms with van der Waals surface area (Å²) in [4.78, 5) is 10.4. The van der Waals surface area contributed by atoms with Gasteiger partial charge in [-0.15, -0.1) is 0 Å². The van der Waals surface area contributed by atoms with E-state index in [0.29, 0.717) is 11.1 Å². The first-order valence-corrected chi connectivity index (χ1v) is 6.14. The summed E-state index contributed by atoms with van der Waals surface area (Å²) in [7, 11) is 0. The van der Waals surface area contributed by atoms with Crippen LogP contribution in [0.25, 0.3) is 0 Å². The summed E-state index contributed by atoms with van der Waals surface area (Å²) in [5.74, 6) is -1.00. The molecular weight excluding hydrogens is 261 g/mol. The summed E-state index contributed by atoms with van der Waals surface area (Å²) >= 11 is 0. The Hall–Kier alpha value is -2.43. The number of hydrogen-bond acceptors (Lipinski definition) is 3. The molecule has 0 aliphatic carbocycles. The van der Waals surface area contributed by atoms with Crippen LogP contribution in [0.4, 0.5) is 4.39 Å². The fraction of sp³-hybridized carbons (Fsp3) is 0.200. The summed E-state index contributed by atoms with van der Waals surface area (Å²) in [6.45, 7) is 1.49. The van der Waals surface area contributed by atoms with Gasteiger partial charge in [0.05, 0.1) is 5.92 Å². The van der Waals surface area contributed by atoms with Crippen LogP contribution in [0.2, 0.25) is 0 Å². The Labute approximate surface area is 115 Å². The molecule has 0 unspecified atom stereocenters. The molecule has 0 radical (unpaired) electrons. The number of aromatic hydroxyl groups is 1. The van der Waals surface area contributed by atoms with E-state index in [1.54, 1.807) is 12.1 Å². The summed E-state index contributed by atoms with van der Waals surface area (Å²) in [6.07, 6.45) is 0. The molecule has 5 heteroatoms. The third-order valence-electron chi connectivity index (χ3n) is 3.16. The largest absolute Gasteiger partial charge is 0.508 e. The summed E-state index contributed by atoms with van der Waals surface area (Å²) < 4.78 is 13.0. The molecule has 2 aromatic rings. The second-order valence-corrected chi connectivity index (χ2v) is 4.68. The van der Waals surface area contributed by atoms with E-state index in [-0.39, 0.29) is 12.3 Å². The number of aryl methyl sites for hydroxylation is 1. The predicted molar refractivity (Wildman–Crippen MR) is 72.9 cm³/mol. The molecule has 0 amide bonds. The van der Waals surface area contributed by atoms with Gasteiger partial charge >= 0.3 is 0 Å². The highest BCUT2D eigenvalue weighted by molar-refractivity contribution is 5.43. The Morgan fingerprint density at radius 2 is 1.90 bits per heavy atom. The molecule has 104 valence electrons. The molecule has 0 aromatic heterocycles. The van der Waals surface area contributed by atoms with E-state index in [1.165, 1.54) is 30.3 Å². The molecule has 20 heavy (non-hydrogen) atoms. The Kier molecular flexibility index (Phi) is 3.98. The molecule has 1 N–H and O–H groups in total. The Morgan fingerprint density at radius 1 is 1.25 bits per heavy atom. The van der Waals surface area contributed by atoms with Crippen molar-refractivity contribution in [3.05, 3.63) is 75.1 Å². The zero-order valence-corrected chi connectivity index (χ0v) is 10.9. The van der Waals surface area contributed by atoms with Gasteiger partial charge in [0.15, 0.2) is 0 Å². The van der Waals surface area contributed by atoms with Crippen molar-refractivity contribution in [2.75, 3.05) is 6.54 Å². The predicted octanol–water partition coefficient (Wildman–Crippen LogP) is 3.25. The van der Waals surface area contributed by atoms with Gasteiger partial charge in [-0.2, -0.15) is 0 Å². The molecule has 1 atom stereocenters. The molecule has 0 saturated heterocycles. The summed E-state index contributed by atoms with van der Waals surface area (Å²) in [6, 6.07) is 10.5. The minimum absolute atomic E-state index is 0.00627. The first-order chi connectivity index (χ1) is 9.47. The van der Waals surface area contributed by atoms with E-state index in [0.717, 1.165) is 5.56 Å². The van der Waals surface area contributed by atoms with Gasteiger partial charge in [0.2, 0.25) is 6.54 Å². The zero-order chi connectivity index (χ0) is 14.7. The van der Waals surface area contributed by atoms with Crippen molar-refractivity contribution in [3.63, 3.8) is 0 Å². The van der Waals surface area contributed by atoms with Crippen LogP contribution in [0, 0.1) is 22.9 Å². The number of hydrogen-bond donors (Lipinski definition) is 1. The highest BCUT2D eigenvalue weighted by atomic mass is 19.1. The quantitative estimate of drug-likeness (QED) is 0.688.